The van der Waals surface area contributed by atoms with Crippen molar-refractivity contribution < 1.29 is 4.74 Å². The summed E-state index contributed by atoms with van der Waals surface area (Å²) in [6.07, 6.45) is 5.39. The van der Waals surface area contributed by atoms with Crippen LogP contribution in [-0.2, 0) is 11.2 Å². The topological polar surface area (TPSA) is 45.7 Å². The van der Waals surface area contributed by atoms with E-state index >= 15 is 0 Å². The molecule has 0 aliphatic carbocycles. The zero-order chi connectivity index (χ0) is 14.7. The fraction of sp³-hybridized carbons (Fsp3) is 0.588. The van der Waals surface area contributed by atoms with Gasteiger partial charge in [0.25, 0.3) is 0 Å². The highest BCUT2D eigenvalue weighted by molar-refractivity contribution is 14.0. The van der Waals surface area contributed by atoms with E-state index in [1.165, 1.54) is 24.0 Å². The van der Waals surface area contributed by atoms with Crippen molar-refractivity contribution in [2.45, 2.75) is 50.9 Å². The van der Waals surface area contributed by atoms with Crippen molar-refractivity contribution in [3.8, 4) is 0 Å². The van der Waals surface area contributed by atoms with Gasteiger partial charge in [-0.05, 0) is 43.7 Å². The van der Waals surface area contributed by atoms with E-state index in [9.17, 15) is 0 Å². The molecule has 3 unspecified atom stereocenters. The molecule has 0 spiro atoms. The number of nitrogens with zero attached hydrogens (tertiary/aromatic N) is 1. The lowest BCUT2D eigenvalue weighted by Crippen LogP contribution is -2.47. The first kappa shape index (κ1) is 17.5. The Kier molecular flexibility index (Phi) is 6.50. The summed E-state index contributed by atoms with van der Waals surface area (Å²) in [5, 5.41) is 6.93. The van der Waals surface area contributed by atoms with Gasteiger partial charge in [0.05, 0.1) is 18.2 Å². The van der Waals surface area contributed by atoms with Crippen LogP contribution in [-0.4, -0.2) is 37.8 Å². The summed E-state index contributed by atoms with van der Waals surface area (Å²) in [5.74, 6) is 0.893. The second-order valence-electron chi connectivity index (χ2n) is 6.04. The Bertz CT molecular complexity index is 520. The van der Waals surface area contributed by atoms with E-state index in [2.05, 4.69) is 46.8 Å². The number of hydrogen-bond acceptors (Lipinski definition) is 2. The molecule has 0 aromatic heterocycles. The molecular weight excluding hydrogens is 389 g/mol. The van der Waals surface area contributed by atoms with Gasteiger partial charge in [0.1, 0.15) is 0 Å². The molecule has 2 heterocycles. The minimum Gasteiger partial charge on any atom is -0.373 e. The van der Waals surface area contributed by atoms with E-state index < -0.39 is 0 Å². The second-order valence-corrected chi connectivity index (χ2v) is 6.04. The van der Waals surface area contributed by atoms with Gasteiger partial charge in [-0.25, -0.2) is 0 Å². The smallest absolute Gasteiger partial charge is 0.191 e. The van der Waals surface area contributed by atoms with Crippen LogP contribution in [0.3, 0.4) is 0 Å². The largest absolute Gasteiger partial charge is 0.373 e. The number of nitrogens with one attached hydrogen (secondary N) is 2. The van der Waals surface area contributed by atoms with E-state index in [-0.39, 0.29) is 24.0 Å². The summed E-state index contributed by atoms with van der Waals surface area (Å²) in [4.78, 5) is 4.33. The Morgan fingerprint density at radius 2 is 2.14 bits per heavy atom. The van der Waals surface area contributed by atoms with Crippen LogP contribution >= 0.6 is 24.0 Å². The molecule has 2 N–H and O–H groups in total. The zero-order valence-corrected chi connectivity index (χ0v) is 15.7. The fourth-order valence-electron chi connectivity index (χ4n) is 3.37. The molecule has 3 rings (SSSR count). The van der Waals surface area contributed by atoms with Crippen molar-refractivity contribution in [3.63, 3.8) is 0 Å². The molecule has 0 saturated carbocycles. The highest BCUT2D eigenvalue weighted by Crippen LogP contribution is 2.34. The van der Waals surface area contributed by atoms with Gasteiger partial charge >= 0.3 is 0 Å². The minimum absolute atomic E-state index is 0. The lowest BCUT2D eigenvalue weighted by molar-refractivity contribution is 0.0992. The van der Waals surface area contributed by atoms with Crippen LogP contribution in [0.4, 0.5) is 0 Å². The maximum absolute atomic E-state index is 5.87. The fourth-order valence-corrected chi connectivity index (χ4v) is 3.37. The monoisotopic (exact) mass is 415 g/mol. The Morgan fingerprint density at radius 3 is 2.77 bits per heavy atom. The number of guanidine groups is 1. The van der Waals surface area contributed by atoms with Crippen molar-refractivity contribution in [1.29, 1.82) is 0 Å². The predicted molar refractivity (Wildman–Crippen MR) is 101 cm³/mol. The van der Waals surface area contributed by atoms with Crippen LogP contribution in [0.25, 0.3) is 0 Å². The van der Waals surface area contributed by atoms with Crippen LogP contribution < -0.4 is 10.6 Å². The molecule has 0 radical (unpaired) electrons. The zero-order valence-electron chi connectivity index (χ0n) is 13.3. The molecule has 0 amide bonds. The maximum Gasteiger partial charge on any atom is 0.191 e. The van der Waals surface area contributed by atoms with Crippen molar-refractivity contribution in [2.75, 3.05) is 13.6 Å². The third-order valence-corrected chi connectivity index (χ3v) is 4.60. The summed E-state index contributed by atoms with van der Waals surface area (Å²) in [7, 11) is 1.83. The molecule has 3 atom stereocenters. The van der Waals surface area contributed by atoms with Crippen molar-refractivity contribution in [2.24, 2.45) is 4.99 Å². The number of halogens is 1. The summed E-state index contributed by atoms with van der Waals surface area (Å²) >= 11 is 0. The van der Waals surface area contributed by atoms with Crippen LogP contribution in [0.1, 0.15) is 30.4 Å². The van der Waals surface area contributed by atoms with Crippen molar-refractivity contribution in [1.82, 2.24) is 10.6 Å². The van der Waals surface area contributed by atoms with Gasteiger partial charge < -0.3 is 15.4 Å². The standard InChI is InChI=1S/C17H25N3O.HI/c1-12-5-3-4-6-13(12)9-10-19-17(18-2)20-15-11-14-7-8-16(15)21-14;/h3-6,14-16H,7-11H2,1-2H3,(H2,18,19,20);1H. The number of benzene rings is 1. The molecule has 2 saturated heterocycles. The van der Waals surface area contributed by atoms with Crippen LogP contribution in [0.15, 0.2) is 29.3 Å². The van der Waals surface area contributed by atoms with E-state index in [1.807, 2.05) is 7.05 Å². The maximum atomic E-state index is 5.87. The number of aryl methyl sites for hydroxylation is 1. The van der Waals surface area contributed by atoms with E-state index in [0.29, 0.717) is 18.2 Å². The second kappa shape index (κ2) is 8.15. The normalized spacial score (nSPS) is 26.6. The Labute approximate surface area is 150 Å². The SMILES string of the molecule is CN=C(NCCc1ccccc1C)NC1CC2CCC1O2.I. The first-order chi connectivity index (χ1) is 10.3. The minimum atomic E-state index is 0. The summed E-state index contributed by atoms with van der Waals surface area (Å²) in [5.41, 5.74) is 2.74. The van der Waals surface area contributed by atoms with Gasteiger partial charge in [-0.2, -0.15) is 0 Å². The first-order valence-electron chi connectivity index (χ1n) is 7.93. The molecule has 22 heavy (non-hydrogen) atoms. The Hall–Kier alpha value is -0.820. The Morgan fingerprint density at radius 1 is 1.32 bits per heavy atom. The van der Waals surface area contributed by atoms with E-state index in [4.69, 9.17) is 4.74 Å². The Balaban J connectivity index is 0.00000176. The molecule has 2 aliphatic heterocycles. The van der Waals surface area contributed by atoms with Gasteiger partial charge in [0, 0.05) is 13.6 Å². The van der Waals surface area contributed by atoms with Crippen LogP contribution in [0.2, 0.25) is 0 Å². The average Bonchev–Trinajstić information content (AvgIpc) is 3.10. The number of fused-ring (bicyclic) bond motifs is 2. The van der Waals surface area contributed by atoms with Gasteiger partial charge in [0.2, 0.25) is 0 Å². The molecule has 2 bridgehead atoms. The van der Waals surface area contributed by atoms with Crippen LogP contribution in [0.5, 0.6) is 0 Å². The number of aliphatic imine (C=N–C) groups is 1. The van der Waals surface area contributed by atoms with Gasteiger partial charge in [-0.1, -0.05) is 24.3 Å². The average molecular weight is 415 g/mol. The molecule has 122 valence electrons. The van der Waals surface area contributed by atoms with Crippen LogP contribution in [0, 0.1) is 6.92 Å². The quantitative estimate of drug-likeness (QED) is 0.452. The molecule has 1 aromatic carbocycles. The summed E-state index contributed by atoms with van der Waals surface area (Å²) < 4.78 is 5.87. The van der Waals surface area contributed by atoms with Gasteiger partial charge in [-0.15, -0.1) is 24.0 Å². The van der Waals surface area contributed by atoms with E-state index in [0.717, 1.165) is 25.3 Å². The van der Waals surface area contributed by atoms with Crippen molar-refractivity contribution >= 4 is 29.9 Å². The van der Waals surface area contributed by atoms with Gasteiger partial charge in [-0.3, -0.25) is 4.99 Å². The van der Waals surface area contributed by atoms with Crippen molar-refractivity contribution in [3.05, 3.63) is 35.4 Å². The van der Waals surface area contributed by atoms with Gasteiger partial charge in [0.15, 0.2) is 5.96 Å². The highest BCUT2D eigenvalue weighted by Gasteiger charge is 2.41. The molecule has 1 aromatic rings. The summed E-state index contributed by atoms with van der Waals surface area (Å²) in [6, 6.07) is 8.96. The lowest BCUT2D eigenvalue weighted by atomic mass is 9.96. The predicted octanol–water partition coefficient (Wildman–Crippen LogP) is 2.64. The summed E-state index contributed by atoms with van der Waals surface area (Å²) in [6.45, 7) is 3.06. The molecule has 2 fully saturated rings. The number of hydrogen-bond donors (Lipinski definition) is 2. The molecule has 2 aliphatic rings. The first-order valence-corrected chi connectivity index (χ1v) is 7.93. The third-order valence-electron chi connectivity index (χ3n) is 4.60. The molecular formula is C17H26IN3O. The number of rotatable bonds is 4. The third kappa shape index (κ3) is 4.13. The van der Waals surface area contributed by atoms with E-state index in [1.54, 1.807) is 0 Å². The number of ether oxygens (including phenoxy) is 1. The molecule has 4 nitrogen and oxygen atoms in total. The molecule has 5 heteroatoms. The highest BCUT2D eigenvalue weighted by atomic mass is 127. The lowest BCUT2D eigenvalue weighted by Gasteiger charge is -2.22.